The van der Waals surface area contributed by atoms with Crippen LogP contribution in [0.15, 0.2) is 71.2 Å². The lowest BCUT2D eigenvalue weighted by molar-refractivity contribution is -0.118. The second kappa shape index (κ2) is 6.62. The van der Waals surface area contributed by atoms with E-state index >= 15 is 0 Å². The van der Waals surface area contributed by atoms with E-state index in [1.165, 1.54) is 0 Å². The molecule has 1 amide bonds. The van der Waals surface area contributed by atoms with E-state index < -0.39 is 0 Å². The number of hydrogen-bond acceptors (Lipinski definition) is 2. The van der Waals surface area contributed by atoms with Crippen LogP contribution in [0.3, 0.4) is 0 Å². The highest BCUT2D eigenvalue weighted by molar-refractivity contribution is 9.10. The van der Waals surface area contributed by atoms with E-state index in [-0.39, 0.29) is 12.5 Å². The van der Waals surface area contributed by atoms with Gasteiger partial charge in [0.25, 0.3) is 5.91 Å². The standard InChI is InChI=1S/C18H14BrNO2/c19-15-6-9-17(10-7-15)22-12-18(21)20-16-8-5-13-3-1-2-4-14(13)11-16/h1-11H,12H2,(H,20,21). The molecule has 22 heavy (non-hydrogen) atoms. The lowest BCUT2D eigenvalue weighted by Crippen LogP contribution is -2.20. The highest BCUT2D eigenvalue weighted by Gasteiger charge is 2.04. The molecular formula is C18H14BrNO2. The molecule has 0 unspecified atom stereocenters. The van der Waals surface area contributed by atoms with Crippen molar-refractivity contribution in [3.05, 3.63) is 71.2 Å². The minimum atomic E-state index is -0.182. The van der Waals surface area contributed by atoms with E-state index in [0.29, 0.717) is 5.75 Å². The molecule has 0 aromatic heterocycles. The summed E-state index contributed by atoms with van der Waals surface area (Å²) < 4.78 is 6.42. The van der Waals surface area contributed by atoms with Gasteiger partial charge in [-0.2, -0.15) is 0 Å². The molecule has 3 nitrogen and oxygen atoms in total. The lowest BCUT2D eigenvalue weighted by atomic mass is 10.1. The molecule has 0 spiro atoms. The van der Waals surface area contributed by atoms with Gasteiger partial charge in [0.2, 0.25) is 0 Å². The number of benzene rings is 3. The normalized spacial score (nSPS) is 10.4. The Morgan fingerprint density at radius 3 is 2.45 bits per heavy atom. The second-order valence-corrected chi connectivity index (χ2v) is 5.77. The molecule has 3 aromatic carbocycles. The first-order valence-corrected chi connectivity index (χ1v) is 7.67. The molecule has 3 aromatic rings. The quantitative estimate of drug-likeness (QED) is 0.741. The molecule has 0 atom stereocenters. The fraction of sp³-hybridized carbons (Fsp3) is 0.0556. The number of anilines is 1. The number of rotatable bonds is 4. The van der Waals surface area contributed by atoms with Crippen molar-refractivity contribution in [1.82, 2.24) is 0 Å². The Bertz CT molecular complexity index is 800. The Morgan fingerprint density at radius 1 is 0.955 bits per heavy atom. The average molecular weight is 356 g/mol. The topological polar surface area (TPSA) is 38.3 Å². The summed E-state index contributed by atoms with van der Waals surface area (Å²) in [7, 11) is 0. The van der Waals surface area contributed by atoms with Gasteiger partial charge in [0.1, 0.15) is 5.75 Å². The summed E-state index contributed by atoms with van der Waals surface area (Å²) >= 11 is 3.35. The second-order valence-electron chi connectivity index (χ2n) is 4.85. The van der Waals surface area contributed by atoms with Crippen LogP contribution in [0.1, 0.15) is 0 Å². The molecule has 0 aliphatic rings. The molecule has 0 heterocycles. The monoisotopic (exact) mass is 355 g/mol. The molecule has 0 fully saturated rings. The number of nitrogens with one attached hydrogen (secondary N) is 1. The number of halogens is 1. The van der Waals surface area contributed by atoms with Gasteiger partial charge in [0.15, 0.2) is 6.61 Å². The van der Waals surface area contributed by atoms with Crippen LogP contribution in [0.25, 0.3) is 10.8 Å². The van der Waals surface area contributed by atoms with Gasteiger partial charge in [0, 0.05) is 10.2 Å². The zero-order valence-electron chi connectivity index (χ0n) is 11.8. The van der Waals surface area contributed by atoms with E-state index in [2.05, 4.69) is 21.2 Å². The molecular weight excluding hydrogens is 342 g/mol. The molecule has 0 aliphatic heterocycles. The van der Waals surface area contributed by atoms with Crippen LogP contribution in [0.4, 0.5) is 5.69 Å². The first-order chi connectivity index (χ1) is 10.7. The van der Waals surface area contributed by atoms with E-state index in [9.17, 15) is 4.79 Å². The molecule has 0 bridgehead atoms. The van der Waals surface area contributed by atoms with Crippen molar-refractivity contribution >= 4 is 38.3 Å². The van der Waals surface area contributed by atoms with E-state index in [1.807, 2.05) is 66.7 Å². The summed E-state index contributed by atoms with van der Waals surface area (Å²) in [6.07, 6.45) is 0. The van der Waals surface area contributed by atoms with Gasteiger partial charge >= 0.3 is 0 Å². The Hall–Kier alpha value is -2.33. The molecule has 0 saturated carbocycles. The van der Waals surface area contributed by atoms with Crippen LogP contribution in [0.5, 0.6) is 5.75 Å². The van der Waals surface area contributed by atoms with Crippen LogP contribution in [-0.4, -0.2) is 12.5 Å². The molecule has 0 aliphatic carbocycles. The third-order valence-corrected chi connectivity index (χ3v) is 3.75. The van der Waals surface area contributed by atoms with Crippen molar-refractivity contribution in [3.8, 4) is 5.75 Å². The van der Waals surface area contributed by atoms with Gasteiger partial charge in [-0.15, -0.1) is 0 Å². The number of ether oxygens (including phenoxy) is 1. The summed E-state index contributed by atoms with van der Waals surface area (Å²) in [5.41, 5.74) is 0.767. The summed E-state index contributed by atoms with van der Waals surface area (Å²) in [4.78, 5) is 11.9. The zero-order chi connectivity index (χ0) is 15.4. The summed E-state index contributed by atoms with van der Waals surface area (Å²) in [6, 6.07) is 21.2. The predicted octanol–water partition coefficient (Wildman–Crippen LogP) is 4.62. The van der Waals surface area contributed by atoms with E-state index in [0.717, 1.165) is 20.9 Å². The van der Waals surface area contributed by atoms with Gasteiger partial charge in [-0.1, -0.05) is 46.3 Å². The largest absolute Gasteiger partial charge is 0.484 e. The number of hydrogen-bond donors (Lipinski definition) is 1. The van der Waals surface area contributed by atoms with Gasteiger partial charge in [-0.05, 0) is 47.2 Å². The molecule has 4 heteroatoms. The minimum absolute atomic E-state index is 0.0194. The van der Waals surface area contributed by atoms with Crippen LogP contribution < -0.4 is 10.1 Å². The van der Waals surface area contributed by atoms with Crippen molar-refractivity contribution in [3.63, 3.8) is 0 Å². The number of carbonyl (C=O) groups is 1. The van der Waals surface area contributed by atoms with E-state index in [4.69, 9.17) is 4.74 Å². The van der Waals surface area contributed by atoms with E-state index in [1.54, 1.807) is 0 Å². The average Bonchev–Trinajstić information content (AvgIpc) is 2.54. The molecule has 0 saturated heterocycles. The van der Waals surface area contributed by atoms with Gasteiger partial charge in [0.05, 0.1) is 0 Å². The highest BCUT2D eigenvalue weighted by Crippen LogP contribution is 2.19. The Kier molecular flexibility index (Phi) is 4.39. The van der Waals surface area contributed by atoms with Crippen LogP contribution in [0, 0.1) is 0 Å². The van der Waals surface area contributed by atoms with Gasteiger partial charge in [-0.25, -0.2) is 0 Å². The molecule has 1 N–H and O–H groups in total. The fourth-order valence-corrected chi connectivity index (χ4v) is 2.41. The van der Waals surface area contributed by atoms with Gasteiger partial charge in [-0.3, -0.25) is 4.79 Å². The van der Waals surface area contributed by atoms with Crippen molar-refractivity contribution < 1.29 is 9.53 Å². The lowest BCUT2D eigenvalue weighted by Gasteiger charge is -2.08. The summed E-state index contributed by atoms with van der Waals surface area (Å²) in [6.45, 7) is -0.0194. The molecule has 0 radical (unpaired) electrons. The summed E-state index contributed by atoms with van der Waals surface area (Å²) in [5.74, 6) is 0.482. The first-order valence-electron chi connectivity index (χ1n) is 6.88. The van der Waals surface area contributed by atoms with Crippen LogP contribution >= 0.6 is 15.9 Å². The number of carbonyl (C=O) groups excluding carboxylic acids is 1. The Labute approximate surface area is 137 Å². The maximum Gasteiger partial charge on any atom is 0.262 e. The zero-order valence-corrected chi connectivity index (χ0v) is 13.3. The Morgan fingerprint density at radius 2 is 1.68 bits per heavy atom. The van der Waals surface area contributed by atoms with Crippen molar-refractivity contribution in [1.29, 1.82) is 0 Å². The smallest absolute Gasteiger partial charge is 0.262 e. The van der Waals surface area contributed by atoms with Crippen molar-refractivity contribution in [2.45, 2.75) is 0 Å². The first kappa shape index (κ1) is 14.6. The van der Waals surface area contributed by atoms with Crippen molar-refractivity contribution in [2.75, 3.05) is 11.9 Å². The predicted molar refractivity (Wildman–Crippen MR) is 92.2 cm³/mol. The minimum Gasteiger partial charge on any atom is -0.484 e. The van der Waals surface area contributed by atoms with Crippen LogP contribution in [0.2, 0.25) is 0 Å². The van der Waals surface area contributed by atoms with Gasteiger partial charge < -0.3 is 10.1 Å². The summed E-state index contributed by atoms with van der Waals surface area (Å²) in [5, 5.41) is 5.08. The maximum atomic E-state index is 11.9. The highest BCUT2D eigenvalue weighted by atomic mass is 79.9. The van der Waals surface area contributed by atoms with Crippen molar-refractivity contribution in [2.24, 2.45) is 0 Å². The molecule has 3 rings (SSSR count). The maximum absolute atomic E-state index is 11.9. The number of amides is 1. The van der Waals surface area contributed by atoms with Crippen LogP contribution in [-0.2, 0) is 4.79 Å². The Balaban J connectivity index is 1.61. The number of fused-ring (bicyclic) bond motifs is 1. The third-order valence-electron chi connectivity index (χ3n) is 3.22. The third kappa shape index (κ3) is 3.65. The SMILES string of the molecule is O=C(COc1ccc(Br)cc1)Nc1ccc2ccccc2c1. The molecule has 110 valence electrons. The fourth-order valence-electron chi connectivity index (χ4n) is 2.14.